The van der Waals surface area contributed by atoms with Crippen molar-refractivity contribution in [1.29, 1.82) is 0 Å². The summed E-state index contributed by atoms with van der Waals surface area (Å²) in [6, 6.07) is 9.05. The lowest BCUT2D eigenvalue weighted by molar-refractivity contribution is 0.0467. The second kappa shape index (κ2) is 9.94. The van der Waals surface area contributed by atoms with Gasteiger partial charge in [-0.1, -0.05) is 12.8 Å². The number of aryl methyl sites for hydroxylation is 1. The summed E-state index contributed by atoms with van der Waals surface area (Å²) in [5.74, 6) is -0.554. The smallest absolute Gasteiger partial charge is 0.338 e. The monoisotopic (exact) mass is 485 g/mol. The van der Waals surface area contributed by atoms with Gasteiger partial charge in [-0.05, 0) is 55.7 Å². The van der Waals surface area contributed by atoms with Crippen LogP contribution in [-0.2, 0) is 21.4 Å². The Balaban J connectivity index is 1.57. The molecule has 0 bridgehead atoms. The SMILES string of the molecule is COc1ccc(C(=O)OCc2cc(=O)n3ccc(C)cc3n2)cc1S(=O)(=O)N1CCCCCC1. The van der Waals surface area contributed by atoms with Crippen molar-refractivity contribution >= 4 is 21.6 Å². The average Bonchev–Trinajstić information content (AvgIpc) is 3.12. The van der Waals surface area contributed by atoms with Gasteiger partial charge < -0.3 is 9.47 Å². The Morgan fingerprint density at radius 1 is 1.06 bits per heavy atom. The molecule has 180 valence electrons. The van der Waals surface area contributed by atoms with Crippen LogP contribution in [0.5, 0.6) is 5.75 Å². The Bertz CT molecular complexity index is 1380. The van der Waals surface area contributed by atoms with Crippen LogP contribution in [-0.4, -0.2) is 48.3 Å². The van der Waals surface area contributed by atoms with Crippen LogP contribution in [0, 0.1) is 6.92 Å². The summed E-state index contributed by atoms with van der Waals surface area (Å²) in [7, 11) is -2.45. The van der Waals surface area contributed by atoms with Gasteiger partial charge in [0.1, 0.15) is 22.9 Å². The van der Waals surface area contributed by atoms with Crippen LogP contribution >= 0.6 is 0 Å². The van der Waals surface area contributed by atoms with Gasteiger partial charge >= 0.3 is 5.97 Å². The Labute approximate surface area is 198 Å². The average molecular weight is 486 g/mol. The Morgan fingerprint density at radius 2 is 1.79 bits per heavy atom. The Hall–Kier alpha value is -3.24. The fourth-order valence-electron chi connectivity index (χ4n) is 3.98. The summed E-state index contributed by atoms with van der Waals surface area (Å²) in [6.45, 7) is 2.53. The van der Waals surface area contributed by atoms with Crippen LogP contribution in [0.2, 0.25) is 0 Å². The molecule has 0 spiro atoms. The minimum atomic E-state index is -3.84. The van der Waals surface area contributed by atoms with E-state index in [0.29, 0.717) is 24.4 Å². The second-order valence-corrected chi connectivity index (χ2v) is 10.2. The number of aromatic nitrogens is 2. The van der Waals surface area contributed by atoms with Crippen molar-refractivity contribution in [1.82, 2.24) is 13.7 Å². The number of carbonyl (C=O) groups excluding carboxylic acids is 1. The summed E-state index contributed by atoms with van der Waals surface area (Å²) in [5, 5.41) is 0. The van der Waals surface area contributed by atoms with E-state index in [0.717, 1.165) is 31.2 Å². The number of hydrogen-bond donors (Lipinski definition) is 0. The fourth-order valence-corrected chi connectivity index (χ4v) is 5.68. The van der Waals surface area contributed by atoms with Crippen molar-refractivity contribution in [3.63, 3.8) is 0 Å². The number of benzene rings is 1. The molecule has 3 heterocycles. The predicted octanol–water partition coefficient (Wildman–Crippen LogP) is 2.93. The Morgan fingerprint density at radius 3 is 2.50 bits per heavy atom. The molecule has 34 heavy (non-hydrogen) atoms. The van der Waals surface area contributed by atoms with Gasteiger partial charge in [-0.2, -0.15) is 4.31 Å². The summed E-state index contributed by atoms with van der Waals surface area (Å²) in [4.78, 5) is 29.4. The van der Waals surface area contributed by atoms with Gasteiger partial charge in [0.15, 0.2) is 0 Å². The standard InChI is InChI=1S/C24H27N3O6S/c1-17-9-12-27-22(13-17)25-19(15-23(27)28)16-33-24(29)18-7-8-20(32-2)21(14-18)34(30,31)26-10-5-3-4-6-11-26/h7-9,12-15H,3-6,10-11,16H2,1-2H3. The van der Waals surface area contributed by atoms with Crippen LogP contribution in [0.15, 0.2) is 52.3 Å². The van der Waals surface area contributed by atoms with Crippen LogP contribution in [0.4, 0.5) is 0 Å². The van der Waals surface area contributed by atoms with Crippen molar-refractivity contribution in [2.45, 2.75) is 44.1 Å². The van der Waals surface area contributed by atoms with Crippen molar-refractivity contribution in [3.05, 3.63) is 69.8 Å². The number of methoxy groups -OCH3 is 1. The molecule has 0 atom stereocenters. The van der Waals surface area contributed by atoms with Gasteiger partial charge in [0.2, 0.25) is 10.0 Å². The predicted molar refractivity (Wildman–Crippen MR) is 126 cm³/mol. The third-order valence-corrected chi connectivity index (χ3v) is 7.73. The first-order chi connectivity index (χ1) is 16.3. The molecule has 10 heteroatoms. The molecule has 1 fully saturated rings. The number of ether oxygens (including phenoxy) is 2. The van der Waals surface area contributed by atoms with E-state index in [1.165, 1.54) is 40.1 Å². The van der Waals surface area contributed by atoms with Gasteiger partial charge in [-0.25, -0.2) is 18.2 Å². The highest BCUT2D eigenvalue weighted by Crippen LogP contribution is 2.29. The molecular formula is C24H27N3O6S. The molecule has 0 N–H and O–H groups in total. The molecule has 1 aliphatic rings. The van der Waals surface area contributed by atoms with Gasteiger partial charge in [0.25, 0.3) is 5.56 Å². The summed E-state index contributed by atoms with van der Waals surface area (Å²) < 4.78 is 40.1. The zero-order chi connectivity index (χ0) is 24.3. The van der Waals surface area contributed by atoms with Crippen molar-refractivity contribution in [3.8, 4) is 5.75 Å². The first-order valence-corrected chi connectivity index (χ1v) is 12.6. The van der Waals surface area contributed by atoms with E-state index in [4.69, 9.17) is 9.47 Å². The minimum absolute atomic E-state index is 0.0658. The lowest BCUT2D eigenvalue weighted by Gasteiger charge is -2.21. The number of rotatable bonds is 6. The topological polar surface area (TPSA) is 107 Å². The molecule has 0 saturated carbocycles. The summed E-state index contributed by atoms with van der Waals surface area (Å²) >= 11 is 0. The van der Waals surface area contributed by atoms with E-state index < -0.39 is 16.0 Å². The molecule has 9 nitrogen and oxygen atoms in total. The number of esters is 1. The van der Waals surface area contributed by atoms with Crippen LogP contribution in [0.25, 0.3) is 5.65 Å². The molecule has 1 aromatic carbocycles. The minimum Gasteiger partial charge on any atom is -0.495 e. The number of nitrogens with zero attached hydrogens (tertiary/aromatic N) is 3. The molecule has 4 rings (SSSR count). The highest BCUT2D eigenvalue weighted by atomic mass is 32.2. The number of carbonyl (C=O) groups is 1. The van der Waals surface area contributed by atoms with Crippen molar-refractivity contribution in [2.24, 2.45) is 0 Å². The Kier molecular flexibility index (Phi) is 6.99. The van der Waals surface area contributed by atoms with Gasteiger partial charge in [-0.15, -0.1) is 0 Å². The normalized spacial score (nSPS) is 15.1. The maximum Gasteiger partial charge on any atom is 0.338 e. The molecule has 0 unspecified atom stereocenters. The third-order valence-electron chi connectivity index (χ3n) is 5.81. The van der Waals surface area contributed by atoms with Crippen LogP contribution < -0.4 is 10.3 Å². The maximum atomic E-state index is 13.3. The summed E-state index contributed by atoms with van der Waals surface area (Å²) in [6.07, 6.45) is 5.20. The molecule has 1 aliphatic heterocycles. The van der Waals surface area contributed by atoms with E-state index in [1.54, 1.807) is 18.3 Å². The molecule has 3 aromatic rings. The first-order valence-electron chi connectivity index (χ1n) is 11.1. The highest BCUT2D eigenvalue weighted by Gasteiger charge is 2.29. The number of pyridine rings is 1. The van der Waals surface area contributed by atoms with E-state index >= 15 is 0 Å². The molecule has 0 amide bonds. The molecule has 2 aromatic heterocycles. The molecular weight excluding hydrogens is 458 g/mol. The first kappa shape index (κ1) is 23.9. The zero-order valence-corrected chi connectivity index (χ0v) is 20.0. The van der Waals surface area contributed by atoms with Gasteiger partial charge in [0.05, 0.1) is 18.4 Å². The maximum absolute atomic E-state index is 13.3. The van der Waals surface area contributed by atoms with Crippen molar-refractivity contribution < 1.29 is 22.7 Å². The fraction of sp³-hybridized carbons (Fsp3) is 0.375. The third kappa shape index (κ3) is 4.97. The molecule has 0 radical (unpaired) electrons. The van der Waals surface area contributed by atoms with E-state index in [-0.39, 0.29) is 28.4 Å². The lowest BCUT2D eigenvalue weighted by atomic mass is 10.2. The van der Waals surface area contributed by atoms with Crippen molar-refractivity contribution in [2.75, 3.05) is 20.2 Å². The second-order valence-electron chi connectivity index (χ2n) is 8.28. The van der Waals surface area contributed by atoms with E-state index in [1.807, 2.05) is 6.92 Å². The quantitative estimate of drug-likeness (QED) is 0.494. The molecule has 0 aliphatic carbocycles. The lowest BCUT2D eigenvalue weighted by Crippen LogP contribution is -2.32. The van der Waals surface area contributed by atoms with Gasteiger partial charge in [-0.3, -0.25) is 9.20 Å². The van der Waals surface area contributed by atoms with Crippen LogP contribution in [0.1, 0.15) is 47.3 Å². The molecule has 1 saturated heterocycles. The summed E-state index contributed by atoms with van der Waals surface area (Å²) in [5.41, 5.74) is 1.48. The van der Waals surface area contributed by atoms with E-state index in [2.05, 4.69) is 4.98 Å². The number of hydrogen-bond acceptors (Lipinski definition) is 7. The number of fused-ring (bicyclic) bond motifs is 1. The number of sulfonamides is 1. The largest absolute Gasteiger partial charge is 0.495 e. The van der Waals surface area contributed by atoms with E-state index in [9.17, 15) is 18.0 Å². The van der Waals surface area contributed by atoms with Gasteiger partial charge in [0, 0.05) is 25.4 Å². The van der Waals surface area contributed by atoms with Crippen LogP contribution in [0.3, 0.4) is 0 Å². The highest BCUT2D eigenvalue weighted by molar-refractivity contribution is 7.89. The zero-order valence-electron chi connectivity index (χ0n) is 19.2.